The smallest absolute Gasteiger partial charge is 0.254 e. The number of hydrogen-bond donors (Lipinski definition) is 1. The minimum absolute atomic E-state index is 0.0943. The van der Waals surface area contributed by atoms with Crippen LogP contribution < -0.4 is 0 Å². The third-order valence-electron chi connectivity index (χ3n) is 4.31. The highest BCUT2D eigenvalue weighted by atomic mass is 16.5. The molecule has 1 N–H and O–H groups in total. The second-order valence-corrected chi connectivity index (χ2v) is 7.03. The third-order valence-corrected chi connectivity index (χ3v) is 4.31. The van der Waals surface area contributed by atoms with Gasteiger partial charge in [0.15, 0.2) is 0 Å². The fourth-order valence-electron chi connectivity index (χ4n) is 2.97. The fourth-order valence-corrected chi connectivity index (χ4v) is 2.97. The van der Waals surface area contributed by atoms with Crippen LogP contribution in [0.5, 0.6) is 0 Å². The molecule has 23 heavy (non-hydrogen) atoms. The van der Waals surface area contributed by atoms with Crippen LogP contribution in [0.25, 0.3) is 0 Å². The molecule has 1 heterocycles. The van der Waals surface area contributed by atoms with Crippen molar-refractivity contribution in [3.63, 3.8) is 0 Å². The Bertz CT molecular complexity index is 520. The molecule has 0 radical (unpaired) electrons. The molecule has 0 aromatic heterocycles. The number of rotatable bonds is 6. The predicted octanol–water partition coefficient (Wildman–Crippen LogP) is 3.03. The number of nitrogens with zero attached hydrogens (tertiary/aromatic N) is 1. The SMILES string of the molecule is CCC[C@@H]1COCCN1C(=O)c1cccc(CCC(C)(C)O)c1. The van der Waals surface area contributed by atoms with Gasteiger partial charge in [-0.05, 0) is 50.8 Å². The minimum atomic E-state index is -0.684. The van der Waals surface area contributed by atoms with E-state index >= 15 is 0 Å². The average Bonchev–Trinajstić information content (AvgIpc) is 2.53. The van der Waals surface area contributed by atoms with Crippen LogP contribution in [0.3, 0.4) is 0 Å². The maximum Gasteiger partial charge on any atom is 0.254 e. The summed E-state index contributed by atoms with van der Waals surface area (Å²) < 4.78 is 5.53. The second-order valence-electron chi connectivity index (χ2n) is 7.03. The van der Waals surface area contributed by atoms with Gasteiger partial charge in [0, 0.05) is 12.1 Å². The number of hydrogen-bond acceptors (Lipinski definition) is 3. The highest BCUT2D eigenvalue weighted by Crippen LogP contribution is 2.19. The molecule has 1 aromatic carbocycles. The first-order valence-corrected chi connectivity index (χ1v) is 8.61. The molecule has 4 heteroatoms. The lowest BCUT2D eigenvalue weighted by molar-refractivity contribution is -0.00434. The molecule has 1 aromatic rings. The maximum atomic E-state index is 12.9. The Balaban J connectivity index is 2.09. The Hall–Kier alpha value is -1.39. The zero-order valence-electron chi connectivity index (χ0n) is 14.5. The molecule has 2 rings (SSSR count). The van der Waals surface area contributed by atoms with Gasteiger partial charge in [-0.25, -0.2) is 0 Å². The van der Waals surface area contributed by atoms with E-state index in [9.17, 15) is 9.90 Å². The van der Waals surface area contributed by atoms with Gasteiger partial charge in [-0.15, -0.1) is 0 Å². The number of carbonyl (C=O) groups is 1. The molecular weight excluding hydrogens is 290 g/mol. The summed E-state index contributed by atoms with van der Waals surface area (Å²) in [5.74, 6) is 0.0943. The van der Waals surface area contributed by atoms with Crippen molar-refractivity contribution < 1.29 is 14.6 Å². The van der Waals surface area contributed by atoms with Crippen LogP contribution in [0.1, 0.15) is 56.0 Å². The molecule has 1 amide bonds. The average molecular weight is 319 g/mol. The van der Waals surface area contributed by atoms with E-state index in [-0.39, 0.29) is 11.9 Å². The summed E-state index contributed by atoms with van der Waals surface area (Å²) in [5, 5.41) is 9.87. The highest BCUT2D eigenvalue weighted by molar-refractivity contribution is 5.94. The van der Waals surface area contributed by atoms with Crippen LogP contribution in [0, 0.1) is 0 Å². The van der Waals surface area contributed by atoms with Gasteiger partial charge >= 0.3 is 0 Å². The number of aryl methyl sites for hydroxylation is 1. The zero-order chi connectivity index (χ0) is 16.9. The lowest BCUT2D eigenvalue weighted by Gasteiger charge is -2.35. The molecule has 0 aliphatic carbocycles. The van der Waals surface area contributed by atoms with Crippen LogP contribution >= 0.6 is 0 Å². The quantitative estimate of drug-likeness (QED) is 0.877. The van der Waals surface area contributed by atoms with Crippen molar-refractivity contribution in [1.29, 1.82) is 0 Å². The summed E-state index contributed by atoms with van der Waals surface area (Å²) in [4.78, 5) is 14.8. The van der Waals surface area contributed by atoms with Crippen molar-refractivity contribution in [1.82, 2.24) is 4.90 Å². The second kappa shape index (κ2) is 7.93. The zero-order valence-corrected chi connectivity index (χ0v) is 14.5. The van der Waals surface area contributed by atoms with E-state index < -0.39 is 5.60 Å². The first kappa shape index (κ1) is 18.0. The largest absolute Gasteiger partial charge is 0.390 e. The normalized spacial score (nSPS) is 19.0. The molecule has 0 saturated carbocycles. The molecule has 0 bridgehead atoms. The van der Waals surface area contributed by atoms with Gasteiger partial charge in [0.25, 0.3) is 5.91 Å². The van der Waals surface area contributed by atoms with Gasteiger partial charge in [-0.2, -0.15) is 0 Å². The molecule has 1 aliphatic rings. The molecule has 0 unspecified atom stereocenters. The van der Waals surface area contributed by atoms with Crippen LogP contribution in [-0.4, -0.2) is 47.3 Å². The van der Waals surface area contributed by atoms with Crippen LogP contribution in [0.15, 0.2) is 24.3 Å². The first-order chi connectivity index (χ1) is 10.9. The summed E-state index contributed by atoms with van der Waals surface area (Å²) in [6.45, 7) is 7.67. The summed E-state index contributed by atoms with van der Waals surface area (Å²) in [6.07, 6.45) is 3.47. The van der Waals surface area contributed by atoms with Gasteiger partial charge < -0.3 is 14.7 Å². The Morgan fingerprint density at radius 1 is 1.43 bits per heavy atom. The number of benzene rings is 1. The number of amides is 1. The molecular formula is C19H29NO3. The van der Waals surface area contributed by atoms with Crippen molar-refractivity contribution in [2.45, 2.75) is 58.1 Å². The number of aliphatic hydroxyl groups is 1. The Morgan fingerprint density at radius 2 is 2.22 bits per heavy atom. The van der Waals surface area contributed by atoms with E-state index in [1.165, 1.54) is 0 Å². The standard InChI is InChI=1S/C19H29NO3/c1-4-6-17-14-23-12-11-20(17)18(21)16-8-5-7-15(13-16)9-10-19(2,3)22/h5,7-8,13,17,22H,4,6,9-12,14H2,1-3H3/t17-/m1/s1. The molecule has 1 saturated heterocycles. The van der Waals surface area contributed by atoms with Crippen molar-refractivity contribution in [3.8, 4) is 0 Å². The van der Waals surface area contributed by atoms with Crippen molar-refractivity contribution in [2.75, 3.05) is 19.8 Å². The van der Waals surface area contributed by atoms with E-state index in [0.29, 0.717) is 26.2 Å². The summed E-state index contributed by atoms with van der Waals surface area (Å²) in [6, 6.07) is 7.98. The Labute approximate surface area is 139 Å². The lowest BCUT2D eigenvalue weighted by Crippen LogP contribution is -2.48. The van der Waals surface area contributed by atoms with Crippen molar-refractivity contribution in [3.05, 3.63) is 35.4 Å². The van der Waals surface area contributed by atoms with Crippen molar-refractivity contribution in [2.24, 2.45) is 0 Å². The Morgan fingerprint density at radius 3 is 2.91 bits per heavy atom. The minimum Gasteiger partial charge on any atom is -0.390 e. The van der Waals surface area contributed by atoms with E-state index in [1.54, 1.807) is 0 Å². The van der Waals surface area contributed by atoms with E-state index in [2.05, 4.69) is 6.92 Å². The first-order valence-electron chi connectivity index (χ1n) is 8.61. The van der Waals surface area contributed by atoms with Gasteiger partial charge in [0.2, 0.25) is 0 Å². The molecule has 0 spiro atoms. The van der Waals surface area contributed by atoms with E-state index in [0.717, 1.165) is 30.4 Å². The van der Waals surface area contributed by atoms with Crippen LogP contribution in [0.4, 0.5) is 0 Å². The lowest BCUT2D eigenvalue weighted by atomic mass is 9.97. The van der Waals surface area contributed by atoms with E-state index in [1.807, 2.05) is 43.0 Å². The number of ether oxygens (including phenoxy) is 1. The van der Waals surface area contributed by atoms with Gasteiger partial charge in [-0.3, -0.25) is 4.79 Å². The topological polar surface area (TPSA) is 49.8 Å². The molecule has 1 aliphatic heterocycles. The summed E-state index contributed by atoms with van der Waals surface area (Å²) in [5.41, 5.74) is 1.15. The number of morpholine rings is 1. The fraction of sp³-hybridized carbons (Fsp3) is 0.632. The highest BCUT2D eigenvalue weighted by Gasteiger charge is 2.27. The van der Waals surface area contributed by atoms with Gasteiger partial charge in [0.1, 0.15) is 0 Å². The predicted molar refractivity (Wildman–Crippen MR) is 91.6 cm³/mol. The molecule has 1 atom stereocenters. The van der Waals surface area contributed by atoms with Crippen LogP contribution in [-0.2, 0) is 11.2 Å². The van der Waals surface area contributed by atoms with Gasteiger partial charge in [0.05, 0.1) is 24.9 Å². The molecule has 1 fully saturated rings. The molecule has 128 valence electrons. The van der Waals surface area contributed by atoms with E-state index in [4.69, 9.17) is 4.74 Å². The monoisotopic (exact) mass is 319 g/mol. The Kier molecular flexibility index (Phi) is 6.19. The van der Waals surface area contributed by atoms with Gasteiger partial charge in [-0.1, -0.05) is 25.5 Å². The summed E-state index contributed by atoms with van der Waals surface area (Å²) in [7, 11) is 0. The van der Waals surface area contributed by atoms with Crippen LogP contribution in [0.2, 0.25) is 0 Å². The third kappa shape index (κ3) is 5.33. The number of carbonyl (C=O) groups excluding carboxylic acids is 1. The van der Waals surface area contributed by atoms with Crippen molar-refractivity contribution >= 4 is 5.91 Å². The maximum absolute atomic E-state index is 12.9. The summed E-state index contributed by atoms with van der Waals surface area (Å²) >= 11 is 0. The molecule has 4 nitrogen and oxygen atoms in total.